The molecule has 2 rings (SSSR count). The van der Waals surface area contributed by atoms with Crippen LogP contribution < -0.4 is 10.1 Å². The van der Waals surface area contributed by atoms with Crippen molar-refractivity contribution in [3.63, 3.8) is 0 Å². The zero-order valence-electron chi connectivity index (χ0n) is 12.3. The lowest BCUT2D eigenvalue weighted by molar-refractivity contribution is -0.124. The SMILES string of the molecule is COc1ccc(Cl)cc1C(=O)OCC(=O)NCC1CCCO1. The van der Waals surface area contributed by atoms with Gasteiger partial charge in [-0.25, -0.2) is 4.79 Å². The predicted molar refractivity (Wildman–Crippen MR) is 80.3 cm³/mol. The molecule has 1 saturated heterocycles. The topological polar surface area (TPSA) is 73.9 Å². The van der Waals surface area contributed by atoms with Crippen molar-refractivity contribution < 1.29 is 23.8 Å². The number of ether oxygens (including phenoxy) is 3. The maximum atomic E-state index is 12.0. The highest BCUT2D eigenvalue weighted by Crippen LogP contribution is 2.23. The predicted octanol–water partition coefficient (Wildman–Crippen LogP) is 1.80. The lowest BCUT2D eigenvalue weighted by Gasteiger charge is -2.12. The summed E-state index contributed by atoms with van der Waals surface area (Å²) in [5.41, 5.74) is 0.182. The van der Waals surface area contributed by atoms with Crippen LogP contribution in [0.2, 0.25) is 5.02 Å². The van der Waals surface area contributed by atoms with E-state index in [1.807, 2.05) is 0 Å². The van der Waals surface area contributed by atoms with Gasteiger partial charge < -0.3 is 19.5 Å². The molecule has 1 aromatic carbocycles. The highest BCUT2D eigenvalue weighted by molar-refractivity contribution is 6.31. The number of hydrogen-bond acceptors (Lipinski definition) is 5. The van der Waals surface area contributed by atoms with Crippen molar-refractivity contribution in [1.29, 1.82) is 0 Å². The minimum absolute atomic E-state index is 0.0488. The quantitative estimate of drug-likeness (QED) is 0.806. The first kappa shape index (κ1) is 16.6. The third-order valence-electron chi connectivity index (χ3n) is 3.27. The van der Waals surface area contributed by atoms with Gasteiger partial charge >= 0.3 is 5.97 Å². The molecule has 1 unspecified atom stereocenters. The van der Waals surface area contributed by atoms with Crippen LogP contribution in [0.25, 0.3) is 0 Å². The van der Waals surface area contributed by atoms with E-state index in [0.29, 0.717) is 17.3 Å². The zero-order chi connectivity index (χ0) is 15.9. The van der Waals surface area contributed by atoms with Gasteiger partial charge in [0.2, 0.25) is 0 Å². The normalized spacial score (nSPS) is 17.1. The van der Waals surface area contributed by atoms with Crippen LogP contribution >= 0.6 is 11.6 Å². The van der Waals surface area contributed by atoms with Gasteiger partial charge in [0.25, 0.3) is 5.91 Å². The molecule has 0 radical (unpaired) electrons. The molecule has 0 bridgehead atoms. The highest BCUT2D eigenvalue weighted by Gasteiger charge is 2.18. The average Bonchev–Trinajstić information content (AvgIpc) is 3.04. The molecule has 0 aliphatic carbocycles. The Balaban J connectivity index is 1.81. The van der Waals surface area contributed by atoms with Crippen LogP contribution in [0.15, 0.2) is 18.2 Å². The van der Waals surface area contributed by atoms with Gasteiger partial charge in [-0.2, -0.15) is 0 Å². The molecule has 1 fully saturated rings. The maximum absolute atomic E-state index is 12.0. The van der Waals surface area contributed by atoms with E-state index in [2.05, 4.69) is 5.32 Å². The number of esters is 1. The van der Waals surface area contributed by atoms with E-state index in [9.17, 15) is 9.59 Å². The Morgan fingerprint density at radius 2 is 2.27 bits per heavy atom. The van der Waals surface area contributed by atoms with Crippen LogP contribution in [0.3, 0.4) is 0 Å². The van der Waals surface area contributed by atoms with E-state index in [1.54, 1.807) is 12.1 Å². The van der Waals surface area contributed by atoms with E-state index >= 15 is 0 Å². The molecule has 22 heavy (non-hydrogen) atoms. The molecule has 1 aromatic rings. The van der Waals surface area contributed by atoms with Crippen molar-refractivity contribution in [2.24, 2.45) is 0 Å². The van der Waals surface area contributed by atoms with Gasteiger partial charge in [-0.15, -0.1) is 0 Å². The summed E-state index contributed by atoms with van der Waals surface area (Å²) in [5.74, 6) is -0.689. The third kappa shape index (κ3) is 4.61. The van der Waals surface area contributed by atoms with Crippen LogP contribution in [-0.4, -0.2) is 44.8 Å². The zero-order valence-corrected chi connectivity index (χ0v) is 13.0. The minimum atomic E-state index is -0.661. The Labute approximate surface area is 133 Å². The van der Waals surface area contributed by atoms with Crippen molar-refractivity contribution >= 4 is 23.5 Å². The van der Waals surface area contributed by atoms with Gasteiger partial charge in [-0.3, -0.25) is 4.79 Å². The molecule has 0 aromatic heterocycles. The summed E-state index contributed by atoms with van der Waals surface area (Å²) >= 11 is 5.85. The first-order valence-corrected chi connectivity index (χ1v) is 7.37. The van der Waals surface area contributed by atoms with E-state index in [0.717, 1.165) is 19.4 Å². The van der Waals surface area contributed by atoms with Crippen LogP contribution in [-0.2, 0) is 14.3 Å². The number of carbonyl (C=O) groups excluding carboxylic acids is 2. The van der Waals surface area contributed by atoms with Gasteiger partial charge in [0.15, 0.2) is 6.61 Å². The summed E-state index contributed by atoms with van der Waals surface area (Å²) in [6.07, 6.45) is 1.98. The number of methoxy groups -OCH3 is 1. The summed E-state index contributed by atoms with van der Waals surface area (Å²) in [6, 6.07) is 4.61. The monoisotopic (exact) mass is 327 g/mol. The van der Waals surface area contributed by atoms with Gasteiger partial charge in [-0.05, 0) is 31.0 Å². The summed E-state index contributed by atoms with van der Waals surface area (Å²) in [6.45, 7) is 0.794. The van der Waals surface area contributed by atoms with Gasteiger partial charge in [0, 0.05) is 18.2 Å². The smallest absolute Gasteiger partial charge is 0.342 e. The molecule has 1 aliphatic heterocycles. The Morgan fingerprint density at radius 1 is 1.45 bits per heavy atom. The summed E-state index contributed by atoms with van der Waals surface area (Å²) in [4.78, 5) is 23.6. The van der Waals surface area contributed by atoms with E-state index in [-0.39, 0.29) is 24.2 Å². The minimum Gasteiger partial charge on any atom is -0.496 e. The highest BCUT2D eigenvalue weighted by atomic mass is 35.5. The van der Waals surface area contributed by atoms with E-state index in [1.165, 1.54) is 13.2 Å². The van der Waals surface area contributed by atoms with Crippen molar-refractivity contribution in [3.05, 3.63) is 28.8 Å². The molecule has 7 heteroatoms. The standard InChI is InChI=1S/C15H18ClNO5/c1-20-13-5-4-10(16)7-12(13)15(19)22-9-14(18)17-8-11-3-2-6-21-11/h4-5,7,11H,2-3,6,8-9H2,1H3,(H,17,18). The number of hydrogen-bond donors (Lipinski definition) is 1. The second kappa shape index (κ2) is 8.00. The van der Waals surface area contributed by atoms with E-state index < -0.39 is 5.97 Å². The van der Waals surface area contributed by atoms with Crippen molar-refractivity contribution in [2.45, 2.75) is 18.9 Å². The average molecular weight is 328 g/mol. The summed E-state index contributed by atoms with van der Waals surface area (Å²) in [5, 5.41) is 3.06. The number of nitrogens with one attached hydrogen (secondary N) is 1. The Kier molecular flexibility index (Phi) is 6.03. The first-order chi connectivity index (χ1) is 10.6. The second-order valence-electron chi connectivity index (χ2n) is 4.86. The van der Waals surface area contributed by atoms with Crippen LogP contribution in [0.1, 0.15) is 23.2 Å². The van der Waals surface area contributed by atoms with Gasteiger partial charge in [0.05, 0.1) is 13.2 Å². The molecule has 1 aliphatic rings. The number of rotatable bonds is 6. The summed E-state index contributed by atoms with van der Waals surface area (Å²) < 4.78 is 15.4. The van der Waals surface area contributed by atoms with Crippen molar-refractivity contribution in [2.75, 3.05) is 26.9 Å². The molecule has 0 saturated carbocycles. The summed E-state index contributed by atoms with van der Waals surface area (Å²) in [7, 11) is 1.44. The lowest BCUT2D eigenvalue weighted by atomic mass is 10.2. The number of benzene rings is 1. The number of carbonyl (C=O) groups is 2. The fourth-order valence-electron chi connectivity index (χ4n) is 2.13. The first-order valence-electron chi connectivity index (χ1n) is 6.99. The Bertz CT molecular complexity index is 543. The molecule has 120 valence electrons. The van der Waals surface area contributed by atoms with E-state index in [4.69, 9.17) is 25.8 Å². The molecule has 1 amide bonds. The Morgan fingerprint density at radius 3 is 2.95 bits per heavy atom. The largest absolute Gasteiger partial charge is 0.496 e. The number of amides is 1. The van der Waals surface area contributed by atoms with Crippen molar-refractivity contribution in [1.82, 2.24) is 5.32 Å². The molecule has 1 N–H and O–H groups in total. The fraction of sp³-hybridized carbons (Fsp3) is 0.467. The molecule has 6 nitrogen and oxygen atoms in total. The molecule has 1 heterocycles. The third-order valence-corrected chi connectivity index (χ3v) is 3.50. The molecule has 0 spiro atoms. The van der Waals surface area contributed by atoms with Crippen molar-refractivity contribution in [3.8, 4) is 5.75 Å². The second-order valence-corrected chi connectivity index (χ2v) is 5.30. The van der Waals surface area contributed by atoms with Crippen LogP contribution in [0.5, 0.6) is 5.75 Å². The number of halogens is 1. The molecular formula is C15H18ClNO5. The fourth-order valence-corrected chi connectivity index (χ4v) is 2.30. The van der Waals surface area contributed by atoms with Crippen LogP contribution in [0, 0.1) is 0 Å². The lowest BCUT2D eigenvalue weighted by Crippen LogP contribution is -2.34. The maximum Gasteiger partial charge on any atom is 0.342 e. The Hall–Kier alpha value is -1.79. The molecule has 1 atom stereocenters. The van der Waals surface area contributed by atoms with Gasteiger partial charge in [-0.1, -0.05) is 11.6 Å². The van der Waals surface area contributed by atoms with Crippen LogP contribution in [0.4, 0.5) is 0 Å². The molecular weight excluding hydrogens is 310 g/mol. The van der Waals surface area contributed by atoms with Gasteiger partial charge in [0.1, 0.15) is 11.3 Å².